The van der Waals surface area contributed by atoms with Crippen LogP contribution in [0, 0.1) is 0 Å². The third-order valence-corrected chi connectivity index (χ3v) is 3.70. The molecule has 0 spiro atoms. The molecule has 4 heteroatoms. The fraction of sp³-hybridized carbons (Fsp3) is 0.562. The minimum Gasteiger partial charge on any atom is -0.494 e. The molecule has 2 rings (SSSR count). The van der Waals surface area contributed by atoms with E-state index in [1.54, 1.807) is 19.0 Å². The Hall–Kier alpha value is -1.55. The zero-order valence-electron chi connectivity index (χ0n) is 12.3. The Morgan fingerprint density at radius 2 is 2.25 bits per heavy atom. The van der Waals surface area contributed by atoms with E-state index in [-0.39, 0.29) is 12.0 Å². The van der Waals surface area contributed by atoms with Gasteiger partial charge in [0.1, 0.15) is 5.75 Å². The number of amides is 1. The summed E-state index contributed by atoms with van der Waals surface area (Å²) in [5, 5.41) is 9.99. The van der Waals surface area contributed by atoms with Gasteiger partial charge in [-0.2, -0.15) is 0 Å². The van der Waals surface area contributed by atoms with Crippen molar-refractivity contribution in [2.75, 3.05) is 20.7 Å². The summed E-state index contributed by atoms with van der Waals surface area (Å²) in [6.07, 6.45) is 3.74. The maximum absolute atomic E-state index is 11.4. The van der Waals surface area contributed by atoms with Gasteiger partial charge in [0.05, 0.1) is 12.7 Å². The topological polar surface area (TPSA) is 49.8 Å². The highest BCUT2D eigenvalue weighted by atomic mass is 16.5. The number of aryl methyl sites for hydroxylation is 1. The minimum absolute atomic E-state index is 0.120. The molecule has 0 aromatic heterocycles. The maximum atomic E-state index is 11.4. The van der Waals surface area contributed by atoms with Crippen LogP contribution in [0.25, 0.3) is 0 Å². The summed E-state index contributed by atoms with van der Waals surface area (Å²) in [5.41, 5.74) is 2.22. The van der Waals surface area contributed by atoms with Crippen molar-refractivity contribution in [1.82, 2.24) is 4.90 Å². The smallest absolute Gasteiger partial charge is 0.222 e. The quantitative estimate of drug-likeness (QED) is 0.840. The average Bonchev–Trinajstić information content (AvgIpc) is 2.44. The number of hydrogen-bond acceptors (Lipinski definition) is 3. The number of fused-ring (bicyclic) bond motifs is 1. The lowest BCUT2D eigenvalue weighted by Gasteiger charge is -2.22. The van der Waals surface area contributed by atoms with Crippen molar-refractivity contribution in [2.45, 2.75) is 38.2 Å². The number of aliphatic hydroxyl groups is 1. The van der Waals surface area contributed by atoms with Gasteiger partial charge in [-0.15, -0.1) is 0 Å². The van der Waals surface area contributed by atoms with Crippen molar-refractivity contribution in [3.05, 3.63) is 29.3 Å². The largest absolute Gasteiger partial charge is 0.494 e. The number of aliphatic hydroxyl groups excluding tert-OH is 1. The van der Waals surface area contributed by atoms with Gasteiger partial charge >= 0.3 is 0 Å². The first-order chi connectivity index (χ1) is 9.58. The van der Waals surface area contributed by atoms with Gasteiger partial charge in [-0.25, -0.2) is 0 Å². The van der Waals surface area contributed by atoms with Crippen LogP contribution in [0.15, 0.2) is 18.2 Å². The first kappa shape index (κ1) is 14.9. The lowest BCUT2D eigenvalue weighted by atomic mass is 9.89. The van der Waals surface area contributed by atoms with Gasteiger partial charge in [0.25, 0.3) is 0 Å². The lowest BCUT2D eigenvalue weighted by Crippen LogP contribution is -2.21. The molecule has 0 fully saturated rings. The van der Waals surface area contributed by atoms with Crippen LogP contribution in [-0.4, -0.2) is 36.6 Å². The summed E-state index contributed by atoms with van der Waals surface area (Å²) in [7, 11) is 3.52. The van der Waals surface area contributed by atoms with Gasteiger partial charge in [-0.05, 0) is 48.9 Å². The summed E-state index contributed by atoms with van der Waals surface area (Å²) in [6, 6.07) is 5.93. The van der Waals surface area contributed by atoms with Crippen molar-refractivity contribution in [3.8, 4) is 5.75 Å². The molecule has 1 atom stereocenters. The summed E-state index contributed by atoms with van der Waals surface area (Å²) in [5.74, 6) is 0.900. The third kappa shape index (κ3) is 3.73. The number of nitrogens with zero attached hydrogens (tertiary/aromatic N) is 1. The number of rotatable bonds is 5. The monoisotopic (exact) mass is 277 g/mol. The molecule has 0 heterocycles. The van der Waals surface area contributed by atoms with Crippen LogP contribution in [0.3, 0.4) is 0 Å². The SMILES string of the molecule is CN(C)C(=O)CCCOc1ccc2c(c1)[C@H](O)CCC2. The van der Waals surface area contributed by atoms with Crippen LogP contribution in [-0.2, 0) is 11.2 Å². The molecule has 0 saturated heterocycles. The van der Waals surface area contributed by atoms with Crippen LogP contribution in [0.1, 0.15) is 42.9 Å². The van der Waals surface area contributed by atoms with Crippen molar-refractivity contribution >= 4 is 5.91 Å². The normalized spacial score (nSPS) is 17.4. The first-order valence-electron chi connectivity index (χ1n) is 7.22. The number of hydrogen-bond donors (Lipinski definition) is 1. The molecule has 1 aromatic carbocycles. The highest BCUT2D eigenvalue weighted by Gasteiger charge is 2.18. The van der Waals surface area contributed by atoms with E-state index in [4.69, 9.17) is 4.74 Å². The molecule has 20 heavy (non-hydrogen) atoms. The van der Waals surface area contributed by atoms with Crippen molar-refractivity contribution < 1.29 is 14.6 Å². The van der Waals surface area contributed by atoms with Gasteiger partial charge in [0, 0.05) is 20.5 Å². The van der Waals surface area contributed by atoms with Gasteiger partial charge in [0.15, 0.2) is 0 Å². The highest BCUT2D eigenvalue weighted by molar-refractivity contribution is 5.75. The van der Waals surface area contributed by atoms with Crippen LogP contribution < -0.4 is 4.74 Å². The molecule has 0 radical (unpaired) electrons. The highest BCUT2D eigenvalue weighted by Crippen LogP contribution is 2.32. The fourth-order valence-corrected chi connectivity index (χ4v) is 2.48. The zero-order chi connectivity index (χ0) is 14.5. The second-order valence-electron chi connectivity index (χ2n) is 5.51. The van der Waals surface area contributed by atoms with E-state index >= 15 is 0 Å². The molecule has 0 aliphatic heterocycles. The van der Waals surface area contributed by atoms with E-state index in [1.807, 2.05) is 18.2 Å². The van der Waals surface area contributed by atoms with Crippen molar-refractivity contribution in [1.29, 1.82) is 0 Å². The number of benzene rings is 1. The summed E-state index contributed by atoms with van der Waals surface area (Å²) < 4.78 is 5.67. The predicted octanol–water partition coefficient (Wildman–Crippen LogP) is 2.30. The Bertz CT molecular complexity index is 471. The second-order valence-corrected chi connectivity index (χ2v) is 5.51. The Morgan fingerprint density at radius 3 is 3.00 bits per heavy atom. The maximum Gasteiger partial charge on any atom is 0.222 e. The number of carbonyl (C=O) groups excluding carboxylic acids is 1. The summed E-state index contributed by atoms with van der Waals surface area (Å²) in [6.45, 7) is 0.522. The first-order valence-corrected chi connectivity index (χ1v) is 7.22. The van der Waals surface area contributed by atoms with E-state index in [1.165, 1.54) is 5.56 Å². The average molecular weight is 277 g/mol. The van der Waals surface area contributed by atoms with Crippen LogP contribution in [0.4, 0.5) is 0 Å². The molecule has 0 bridgehead atoms. The van der Waals surface area contributed by atoms with E-state index in [9.17, 15) is 9.90 Å². The molecule has 110 valence electrons. The van der Waals surface area contributed by atoms with E-state index in [2.05, 4.69) is 0 Å². The van der Waals surface area contributed by atoms with Crippen molar-refractivity contribution in [2.24, 2.45) is 0 Å². The minimum atomic E-state index is -0.363. The molecule has 0 unspecified atom stereocenters. The summed E-state index contributed by atoms with van der Waals surface area (Å²) >= 11 is 0. The Morgan fingerprint density at radius 1 is 1.45 bits per heavy atom. The van der Waals surface area contributed by atoms with Gasteiger partial charge < -0.3 is 14.7 Å². The fourth-order valence-electron chi connectivity index (χ4n) is 2.48. The molecule has 4 nitrogen and oxygen atoms in total. The molecule has 1 amide bonds. The van der Waals surface area contributed by atoms with Gasteiger partial charge in [-0.1, -0.05) is 6.07 Å². The standard InChI is InChI=1S/C16H23NO3/c1-17(2)16(19)7-4-10-20-13-9-8-12-5-3-6-15(18)14(12)11-13/h8-9,11,15,18H,3-7,10H2,1-2H3/t15-/m1/s1. The summed E-state index contributed by atoms with van der Waals surface area (Å²) in [4.78, 5) is 13.0. The molecule has 1 aliphatic rings. The van der Waals surface area contributed by atoms with Gasteiger partial charge in [-0.3, -0.25) is 4.79 Å². The van der Waals surface area contributed by atoms with E-state index in [0.29, 0.717) is 19.4 Å². The third-order valence-electron chi connectivity index (χ3n) is 3.70. The molecule has 1 aromatic rings. The van der Waals surface area contributed by atoms with Crippen LogP contribution >= 0.6 is 0 Å². The molecule has 1 N–H and O–H groups in total. The molecule has 0 saturated carbocycles. The van der Waals surface area contributed by atoms with Crippen LogP contribution in [0.5, 0.6) is 5.75 Å². The Labute approximate surface area is 120 Å². The number of ether oxygens (including phenoxy) is 1. The van der Waals surface area contributed by atoms with Crippen molar-refractivity contribution in [3.63, 3.8) is 0 Å². The second kappa shape index (κ2) is 6.75. The lowest BCUT2D eigenvalue weighted by molar-refractivity contribution is -0.128. The molecular formula is C16H23NO3. The van der Waals surface area contributed by atoms with E-state index < -0.39 is 0 Å². The Balaban J connectivity index is 1.85. The Kier molecular flexibility index (Phi) is 5.01. The van der Waals surface area contributed by atoms with Gasteiger partial charge in [0.2, 0.25) is 5.91 Å². The number of carbonyl (C=O) groups is 1. The van der Waals surface area contributed by atoms with E-state index in [0.717, 1.165) is 30.6 Å². The predicted molar refractivity (Wildman–Crippen MR) is 77.8 cm³/mol. The zero-order valence-corrected chi connectivity index (χ0v) is 12.3. The molecular weight excluding hydrogens is 254 g/mol. The van der Waals surface area contributed by atoms with Crippen LogP contribution in [0.2, 0.25) is 0 Å². The molecule has 1 aliphatic carbocycles.